The van der Waals surface area contributed by atoms with Gasteiger partial charge in [0.05, 0.1) is 18.2 Å². The van der Waals surface area contributed by atoms with Gasteiger partial charge in [0.25, 0.3) is 0 Å². The van der Waals surface area contributed by atoms with Crippen molar-refractivity contribution in [3.63, 3.8) is 0 Å². The van der Waals surface area contributed by atoms with Gasteiger partial charge in [-0.15, -0.1) is 0 Å². The van der Waals surface area contributed by atoms with Crippen LogP contribution in [0.5, 0.6) is 0 Å². The van der Waals surface area contributed by atoms with E-state index in [-0.39, 0.29) is 11.9 Å². The van der Waals surface area contributed by atoms with Crippen LogP contribution in [0.2, 0.25) is 0 Å². The summed E-state index contributed by atoms with van der Waals surface area (Å²) in [5.41, 5.74) is 1.25. The first-order valence-electron chi connectivity index (χ1n) is 6.03. The first-order valence-corrected chi connectivity index (χ1v) is 6.03. The number of nitriles is 1. The van der Waals surface area contributed by atoms with Crippen molar-refractivity contribution in [2.75, 3.05) is 20.3 Å². The normalized spacial score (nSPS) is 12.4. The van der Waals surface area contributed by atoms with Crippen LogP contribution in [0.25, 0.3) is 0 Å². The van der Waals surface area contributed by atoms with Crippen LogP contribution in [0, 0.1) is 17.1 Å². The van der Waals surface area contributed by atoms with E-state index in [0.29, 0.717) is 18.7 Å². The largest absolute Gasteiger partial charge is 0.383 e. The van der Waals surface area contributed by atoms with Crippen LogP contribution >= 0.6 is 0 Å². The van der Waals surface area contributed by atoms with Crippen LogP contribution in [0.3, 0.4) is 0 Å². The summed E-state index contributed by atoms with van der Waals surface area (Å²) in [5.74, 6) is -0.306. The Balaban J connectivity index is 2.87. The molecule has 1 aromatic rings. The Bertz CT molecular complexity index is 428. The number of benzene rings is 1. The number of halogens is 1. The van der Waals surface area contributed by atoms with Gasteiger partial charge in [0.15, 0.2) is 0 Å². The van der Waals surface area contributed by atoms with Crippen LogP contribution in [0.1, 0.15) is 25.0 Å². The maximum absolute atomic E-state index is 13.2. The molecular weight excluding hydrogens is 231 g/mol. The molecule has 1 atom stereocenters. The van der Waals surface area contributed by atoms with E-state index >= 15 is 0 Å². The average molecular weight is 250 g/mol. The Morgan fingerprint density at radius 1 is 1.50 bits per heavy atom. The van der Waals surface area contributed by atoms with Crippen LogP contribution in [0.15, 0.2) is 18.2 Å². The highest BCUT2D eigenvalue weighted by molar-refractivity contribution is 5.37. The molecule has 0 aliphatic heterocycles. The Hall–Kier alpha value is -1.44. The van der Waals surface area contributed by atoms with Crippen LogP contribution in [-0.4, -0.2) is 31.2 Å². The molecule has 0 fully saturated rings. The molecule has 0 amide bonds. The summed E-state index contributed by atoms with van der Waals surface area (Å²) in [6.45, 7) is 6.09. The maximum Gasteiger partial charge on any atom is 0.123 e. The lowest BCUT2D eigenvalue weighted by atomic mass is 10.1. The molecule has 0 aliphatic carbocycles. The first-order chi connectivity index (χ1) is 8.62. The molecular formula is C14H19FN2O. The molecule has 1 aromatic carbocycles. The lowest BCUT2D eigenvalue weighted by Crippen LogP contribution is -2.35. The van der Waals surface area contributed by atoms with E-state index in [1.54, 1.807) is 7.11 Å². The van der Waals surface area contributed by atoms with Crippen LogP contribution in [-0.2, 0) is 11.3 Å². The predicted octanol–water partition coefficient (Wildman–Crippen LogP) is 2.55. The highest BCUT2D eigenvalue weighted by Crippen LogP contribution is 2.15. The Morgan fingerprint density at radius 2 is 2.22 bits per heavy atom. The maximum atomic E-state index is 13.2. The van der Waals surface area contributed by atoms with Crippen LogP contribution in [0.4, 0.5) is 4.39 Å². The second-order valence-corrected chi connectivity index (χ2v) is 4.28. The summed E-state index contributed by atoms with van der Waals surface area (Å²) in [4.78, 5) is 2.15. The number of hydrogen-bond donors (Lipinski definition) is 0. The summed E-state index contributed by atoms with van der Waals surface area (Å²) in [6.07, 6.45) is 0. The predicted molar refractivity (Wildman–Crippen MR) is 68.5 cm³/mol. The quantitative estimate of drug-likeness (QED) is 0.778. The minimum Gasteiger partial charge on any atom is -0.383 e. The molecule has 0 aliphatic rings. The third-order valence-electron chi connectivity index (χ3n) is 3.00. The minimum atomic E-state index is -0.306. The van der Waals surface area contributed by atoms with Crippen molar-refractivity contribution in [3.05, 3.63) is 35.1 Å². The second kappa shape index (κ2) is 7.10. The van der Waals surface area contributed by atoms with Crippen molar-refractivity contribution in [2.45, 2.75) is 26.4 Å². The molecule has 3 nitrogen and oxygen atoms in total. The summed E-state index contributed by atoms with van der Waals surface area (Å²) in [7, 11) is 1.66. The van der Waals surface area contributed by atoms with E-state index in [1.807, 2.05) is 6.92 Å². The number of ether oxygens (including phenoxy) is 1. The third-order valence-corrected chi connectivity index (χ3v) is 3.00. The first kappa shape index (κ1) is 14.6. The van der Waals surface area contributed by atoms with Gasteiger partial charge in [-0.05, 0) is 37.2 Å². The number of methoxy groups -OCH3 is 1. The van der Waals surface area contributed by atoms with Gasteiger partial charge in [0.2, 0.25) is 0 Å². The molecule has 0 saturated carbocycles. The van der Waals surface area contributed by atoms with Gasteiger partial charge in [-0.2, -0.15) is 5.26 Å². The monoisotopic (exact) mass is 250 g/mol. The second-order valence-electron chi connectivity index (χ2n) is 4.28. The van der Waals surface area contributed by atoms with Crippen molar-refractivity contribution in [1.29, 1.82) is 5.26 Å². The zero-order chi connectivity index (χ0) is 13.5. The Kier molecular flexibility index (Phi) is 5.76. The highest BCUT2D eigenvalue weighted by Gasteiger charge is 2.14. The van der Waals surface area contributed by atoms with E-state index in [2.05, 4.69) is 17.9 Å². The Morgan fingerprint density at radius 3 is 2.78 bits per heavy atom. The average Bonchev–Trinajstić information content (AvgIpc) is 2.36. The van der Waals surface area contributed by atoms with Gasteiger partial charge in [0, 0.05) is 19.7 Å². The van der Waals surface area contributed by atoms with Crippen molar-refractivity contribution >= 4 is 0 Å². The van der Waals surface area contributed by atoms with Crippen molar-refractivity contribution < 1.29 is 9.13 Å². The number of likely N-dealkylation sites (N-methyl/N-ethyl adjacent to an activating group) is 1. The molecule has 0 unspecified atom stereocenters. The van der Waals surface area contributed by atoms with E-state index in [1.165, 1.54) is 18.2 Å². The summed E-state index contributed by atoms with van der Waals surface area (Å²) < 4.78 is 18.4. The molecule has 0 aromatic heterocycles. The standard InChI is InChI=1S/C14H19FN2O/c1-4-17(11(2)10-18-3)9-13-7-14(15)6-5-12(13)8-16/h5-7,11H,4,9-10H2,1-3H3/t11-/m1/s1. The SMILES string of the molecule is CCN(Cc1cc(F)ccc1C#N)[C@H](C)COC. The van der Waals surface area contributed by atoms with Gasteiger partial charge in [0.1, 0.15) is 5.82 Å². The molecule has 18 heavy (non-hydrogen) atoms. The lowest BCUT2D eigenvalue weighted by Gasteiger charge is -2.27. The van der Waals surface area contributed by atoms with E-state index in [4.69, 9.17) is 10.00 Å². The molecule has 1 rings (SSSR count). The smallest absolute Gasteiger partial charge is 0.123 e. The summed E-state index contributed by atoms with van der Waals surface area (Å²) in [5, 5.41) is 9.02. The van der Waals surface area contributed by atoms with Crippen molar-refractivity contribution in [3.8, 4) is 6.07 Å². The molecule has 0 heterocycles. The molecule has 0 spiro atoms. The van der Waals surface area contributed by atoms with Crippen LogP contribution < -0.4 is 0 Å². The van der Waals surface area contributed by atoms with E-state index in [9.17, 15) is 4.39 Å². The molecule has 0 radical (unpaired) electrons. The molecule has 0 bridgehead atoms. The molecule has 4 heteroatoms. The number of hydrogen-bond acceptors (Lipinski definition) is 3. The van der Waals surface area contributed by atoms with Gasteiger partial charge >= 0.3 is 0 Å². The van der Waals surface area contributed by atoms with Gasteiger partial charge < -0.3 is 4.74 Å². The molecule has 0 N–H and O–H groups in total. The Labute approximate surface area is 108 Å². The fraction of sp³-hybridized carbons (Fsp3) is 0.500. The lowest BCUT2D eigenvalue weighted by molar-refractivity contribution is 0.0981. The molecule has 98 valence electrons. The molecule has 0 saturated heterocycles. The van der Waals surface area contributed by atoms with Crippen molar-refractivity contribution in [1.82, 2.24) is 4.90 Å². The summed E-state index contributed by atoms with van der Waals surface area (Å²) >= 11 is 0. The fourth-order valence-corrected chi connectivity index (χ4v) is 1.95. The summed E-state index contributed by atoms with van der Waals surface area (Å²) in [6, 6.07) is 6.60. The zero-order valence-electron chi connectivity index (χ0n) is 11.1. The zero-order valence-corrected chi connectivity index (χ0v) is 11.1. The highest BCUT2D eigenvalue weighted by atomic mass is 19.1. The van der Waals surface area contributed by atoms with E-state index < -0.39 is 0 Å². The topological polar surface area (TPSA) is 36.3 Å². The minimum absolute atomic E-state index is 0.231. The third kappa shape index (κ3) is 3.80. The fourth-order valence-electron chi connectivity index (χ4n) is 1.95. The van der Waals surface area contributed by atoms with Gasteiger partial charge in [-0.25, -0.2) is 4.39 Å². The van der Waals surface area contributed by atoms with E-state index in [0.717, 1.165) is 12.1 Å². The number of rotatable bonds is 6. The number of nitrogens with zero attached hydrogens (tertiary/aromatic N) is 2. The van der Waals surface area contributed by atoms with Gasteiger partial charge in [-0.3, -0.25) is 4.90 Å². The van der Waals surface area contributed by atoms with Gasteiger partial charge in [-0.1, -0.05) is 6.92 Å². The van der Waals surface area contributed by atoms with Crippen molar-refractivity contribution in [2.24, 2.45) is 0 Å².